The maximum absolute atomic E-state index is 11.6. The van der Waals surface area contributed by atoms with Crippen molar-refractivity contribution >= 4 is 29.1 Å². The van der Waals surface area contributed by atoms with Crippen molar-refractivity contribution in [2.24, 2.45) is 0 Å². The summed E-state index contributed by atoms with van der Waals surface area (Å²) in [5, 5.41) is 8.74. The number of carbonyl (C=O) groups is 2. The number of hydrogen-bond acceptors (Lipinski definition) is 4. The topological polar surface area (TPSA) is 79.5 Å². The number of benzene rings is 2. The number of hydrogen-bond donors (Lipinski definition) is 3. The molecule has 2 aromatic rings. The zero-order valence-corrected chi connectivity index (χ0v) is 13.9. The molecule has 0 saturated heterocycles. The molecule has 0 heterocycles. The standard InChI is InChI=1S/C18H21N3O3/c1-12(2)19-18(23)21-16-10-8-15(9-11-16)20-14-6-4-13(5-7-14)17(22)24-3/h4-12,20H,1-3H3,(H2,19,21,23). The van der Waals surface area contributed by atoms with Gasteiger partial charge in [0.15, 0.2) is 0 Å². The van der Waals surface area contributed by atoms with E-state index in [2.05, 4.69) is 20.7 Å². The van der Waals surface area contributed by atoms with Crippen molar-refractivity contribution < 1.29 is 14.3 Å². The van der Waals surface area contributed by atoms with Crippen LogP contribution in [0.2, 0.25) is 0 Å². The van der Waals surface area contributed by atoms with E-state index < -0.39 is 0 Å². The van der Waals surface area contributed by atoms with Crippen LogP contribution in [-0.2, 0) is 4.74 Å². The summed E-state index contributed by atoms with van der Waals surface area (Å²) in [5.41, 5.74) is 2.93. The predicted octanol–water partition coefficient (Wildman–Crippen LogP) is 3.75. The number of esters is 1. The molecular formula is C18H21N3O3. The summed E-state index contributed by atoms with van der Waals surface area (Å²) in [5.74, 6) is -0.364. The van der Waals surface area contributed by atoms with Crippen LogP contribution < -0.4 is 16.0 Å². The third-order valence-electron chi connectivity index (χ3n) is 3.16. The fraction of sp³-hybridized carbons (Fsp3) is 0.222. The highest BCUT2D eigenvalue weighted by Gasteiger charge is 2.05. The smallest absolute Gasteiger partial charge is 0.337 e. The maximum atomic E-state index is 11.6. The number of urea groups is 1. The molecule has 24 heavy (non-hydrogen) atoms. The zero-order valence-electron chi connectivity index (χ0n) is 13.9. The molecule has 0 saturated carbocycles. The Morgan fingerprint density at radius 1 is 0.875 bits per heavy atom. The van der Waals surface area contributed by atoms with Crippen molar-refractivity contribution in [1.82, 2.24) is 5.32 Å². The van der Waals surface area contributed by atoms with E-state index in [1.54, 1.807) is 24.3 Å². The zero-order chi connectivity index (χ0) is 17.5. The number of carbonyl (C=O) groups excluding carboxylic acids is 2. The van der Waals surface area contributed by atoms with Gasteiger partial charge in [-0.25, -0.2) is 9.59 Å². The van der Waals surface area contributed by atoms with Gasteiger partial charge in [0.25, 0.3) is 0 Å². The van der Waals surface area contributed by atoms with Gasteiger partial charge in [0.2, 0.25) is 0 Å². The van der Waals surface area contributed by atoms with E-state index in [1.165, 1.54) is 7.11 Å². The van der Waals surface area contributed by atoms with Crippen LogP contribution in [0.15, 0.2) is 48.5 Å². The number of nitrogens with one attached hydrogen (secondary N) is 3. The highest BCUT2D eigenvalue weighted by Crippen LogP contribution is 2.19. The van der Waals surface area contributed by atoms with Gasteiger partial charge >= 0.3 is 12.0 Å². The molecule has 6 heteroatoms. The summed E-state index contributed by atoms with van der Waals surface area (Å²) in [6.45, 7) is 3.80. The second kappa shape index (κ2) is 8.01. The number of amides is 2. The van der Waals surface area contributed by atoms with Crippen molar-refractivity contribution in [3.63, 3.8) is 0 Å². The third kappa shape index (κ3) is 5.01. The van der Waals surface area contributed by atoms with Crippen LogP contribution in [0.4, 0.5) is 21.9 Å². The molecule has 0 unspecified atom stereocenters. The van der Waals surface area contributed by atoms with Gasteiger partial charge in [-0.15, -0.1) is 0 Å². The minimum atomic E-state index is -0.364. The SMILES string of the molecule is COC(=O)c1ccc(Nc2ccc(NC(=O)NC(C)C)cc2)cc1. The Balaban J connectivity index is 1.96. The van der Waals surface area contributed by atoms with Crippen LogP contribution in [0.1, 0.15) is 24.2 Å². The Morgan fingerprint density at radius 2 is 1.38 bits per heavy atom. The summed E-state index contributed by atoms with van der Waals surface area (Å²) >= 11 is 0. The molecule has 0 aliphatic carbocycles. The van der Waals surface area contributed by atoms with Crippen LogP contribution in [-0.4, -0.2) is 25.2 Å². The molecule has 0 radical (unpaired) electrons. The number of ether oxygens (including phenoxy) is 1. The molecule has 0 aliphatic rings. The van der Waals surface area contributed by atoms with Crippen LogP contribution in [0.25, 0.3) is 0 Å². The van der Waals surface area contributed by atoms with Crippen molar-refractivity contribution in [2.75, 3.05) is 17.7 Å². The number of rotatable bonds is 5. The summed E-state index contributed by atoms with van der Waals surface area (Å²) < 4.78 is 4.66. The van der Waals surface area contributed by atoms with Gasteiger partial charge in [-0.3, -0.25) is 0 Å². The summed E-state index contributed by atoms with van der Waals surface area (Å²) in [6, 6.07) is 14.2. The molecule has 2 aromatic carbocycles. The Kier molecular flexibility index (Phi) is 5.78. The first-order valence-electron chi connectivity index (χ1n) is 7.61. The molecule has 0 atom stereocenters. The second-order valence-corrected chi connectivity index (χ2v) is 5.52. The largest absolute Gasteiger partial charge is 0.465 e. The molecule has 0 aliphatic heterocycles. The second-order valence-electron chi connectivity index (χ2n) is 5.52. The van der Waals surface area contributed by atoms with Crippen molar-refractivity contribution in [3.8, 4) is 0 Å². The normalized spacial score (nSPS) is 10.2. The van der Waals surface area contributed by atoms with E-state index in [1.807, 2.05) is 38.1 Å². The predicted molar refractivity (Wildman–Crippen MR) is 94.8 cm³/mol. The van der Waals surface area contributed by atoms with Gasteiger partial charge in [0, 0.05) is 23.1 Å². The van der Waals surface area contributed by atoms with Gasteiger partial charge in [-0.1, -0.05) is 0 Å². The van der Waals surface area contributed by atoms with Crippen LogP contribution >= 0.6 is 0 Å². The molecule has 6 nitrogen and oxygen atoms in total. The van der Waals surface area contributed by atoms with Crippen molar-refractivity contribution in [1.29, 1.82) is 0 Å². The van der Waals surface area contributed by atoms with Gasteiger partial charge in [-0.2, -0.15) is 0 Å². The van der Waals surface area contributed by atoms with Crippen molar-refractivity contribution in [2.45, 2.75) is 19.9 Å². The fourth-order valence-corrected chi connectivity index (χ4v) is 2.04. The first-order chi connectivity index (χ1) is 11.5. The Hall–Kier alpha value is -3.02. The van der Waals surface area contributed by atoms with E-state index >= 15 is 0 Å². The first kappa shape index (κ1) is 17.3. The molecule has 0 fully saturated rings. The maximum Gasteiger partial charge on any atom is 0.337 e. The van der Waals surface area contributed by atoms with Gasteiger partial charge in [-0.05, 0) is 62.4 Å². The fourth-order valence-electron chi connectivity index (χ4n) is 2.04. The minimum Gasteiger partial charge on any atom is -0.465 e. The highest BCUT2D eigenvalue weighted by molar-refractivity contribution is 5.90. The quantitative estimate of drug-likeness (QED) is 0.731. The lowest BCUT2D eigenvalue weighted by atomic mass is 10.2. The lowest BCUT2D eigenvalue weighted by Gasteiger charge is -2.11. The lowest BCUT2D eigenvalue weighted by molar-refractivity contribution is 0.0600. The van der Waals surface area contributed by atoms with Crippen LogP contribution in [0, 0.1) is 0 Å². The average Bonchev–Trinajstić information content (AvgIpc) is 2.56. The molecule has 2 amide bonds. The van der Waals surface area contributed by atoms with Crippen LogP contribution in [0.3, 0.4) is 0 Å². The lowest BCUT2D eigenvalue weighted by Crippen LogP contribution is -2.34. The molecular weight excluding hydrogens is 306 g/mol. The number of anilines is 3. The van der Waals surface area contributed by atoms with Crippen molar-refractivity contribution in [3.05, 3.63) is 54.1 Å². The number of methoxy groups -OCH3 is 1. The Morgan fingerprint density at radius 3 is 1.88 bits per heavy atom. The molecule has 0 bridgehead atoms. The molecule has 0 aromatic heterocycles. The molecule has 2 rings (SSSR count). The van der Waals surface area contributed by atoms with Gasteiger partial charge in [0.1, 0.15) is 0 Å². The van der Waals surface area contributed by atoms with E-state index in [-0.39, 0.29) is 18.0 Å². The summed E-state index contributed by atoms with van der Waals surface area (Å²) in [7, 11) is 1.35. The van der Waals surface area contributed by atoms with Gasteiger partial charge in [0.05, 0.1) is 12.7 Å². The molecule has 3 N–H and O–H groups in total. The van der Waals surface area contributed by atoms with E-state index in [4.69, 9.17) is 0 Å². The van der Waals surface area contributed by atoms with E-state index in [9.17, 15) is 9.59 Å². The van der Waals surface area contributed by atoms with E-state index in [0.29, 0.717) is 11.3 Å². The Labute approximate surface area is 141 Å². The molecule has 126 valence electrons. The monoisotopic (exact) mass is 327 g/mol. The minimum absolute atomic E-state index is 0.0823. The van der Waals surface area contributed by atoms with Crippen LogP contribution in [0.5, 0.6) is 0 Å². The van der Waals surface area contributed by atoms with Gasteiger partial charge < -0.3 is 20.7 Å². The first-order valence-corrected chi connectivity index (χ1v) is 7.61. The highest BCUT2D eigenvalue weighted by atomic mass is 16.5. The van der Waals surface area contributed by atoms with E-state index in [0.717, 1.165) is 11.4 Å². The Bertz CT molecular complexity index is 694. The third-order valence-corrected chi connectivity index (χ3v) is 3.16. The molecule has 0 spiro atoms. The summed E-state index contributed by atoms with van der Waals surface area (Å²) in [6.07, 6.45) is 0. The average molecular weight is 327 g/mol. The summed E-state index contributed by atoms with van der Waals surface area (Å²) in [4.78, 5) is 23.0.